The van der Waals surface area contributed by atoms with Crippen molar-refractivity contribution >= 4 is 26.8 Å². The van der Waals surface area contributed by atoms with Gasteiger partial charge in [-0.25, -0.2) is 9.36 Å². The first kappa shape index (κ1) is 11.9. The van der Waals surface area contributed by atoms with E-state index in [2.05, 4.69) is 20.9 Å². The van der Waals surface area contributed by atoms with Crippen molar-refractivity contribution < 1.29 is 0 Å². The summed E-state index contributed by atoms with van der Waals surface area (Å²) in [7, 11) is 0. The maximum absolute atomic E-state index is 12.4. The molecule has 4 nitrogen and oxygen atoms in total. The van der Waals surface area contributed by atoms with Crippen LogP contribution in [0.5, 0.6) is 0 Å². The van der Waals surface area contributed by atoms with Crippen molar-refractivity contribution in [2.24, 2.45) is 0 Å². The summed E-state index contributed by atoms with van der Waals surface area (Å²) in [6, 6.07) is 14.0. The Balaban J connectivity index is 2.44. The fourth-order valence-corrected chi connectivity index (χ4v) is 2.36. The lowest BCUT2D eigenvalue weighted by Gasteiger charge is -2.06. The maximum Gasteiger partial charge on any atom is 0.333 e. The lowest BCUT2D eigenvalue weighted by atomic mass is 10.2. The zero-order valence-electron chi connectivity index (χ0n) is 9.76. The van der Waals surface area contributed by atoms with E-state index in [0.29, 0.717) is 16.6 Å². The number of hydrogen-bond donors (Lipinski definition) is 1. The molecule has 2 aromatic carbocycles. The summed E-state index contributed by atoms with van der Waals surface area (Å²) in [5.74, 6) is 0. The highest BCUT2D eigenvalue weighted by Gasteiger charge is 2.09. The summed E-state index contributed by atoms with van der Waals surface area (Å²) in [6.45, 7) is 0. The minimum atomic E-state index is -0.439. The zero-order chi connectivity index (χ0) is 13.4. The molecule has 0 aliphatic carbocycles. The Morgan fingerprint density at radius 3 is 2.47 bits per heavy atom. The highest BCUT2D eigenvalue weighted by Crippen LogP contribution is 2.14. The number of nitrogens with zero attached hydrogens (tertiary/aromatic N) is 1. The first-order chi connectivity index (χ1) is 9.16. The minimum absolute atomic E-state index is 0.328. The van der Waals surface area contributed by atoms with Gasteiger partial charge in [-0.2, -0.15) is 0 Å². The van der Waals surface area contributed by atoms with E-state index < -0.39 is 5.69 Å². The summed E-state index contributed by atoms with van der Waals surface area (Å²) < 4.78 is 1.93. The van der Waals surface area contributed by atoms with Gasteiger partial charge in [-0.3, -0.25) is 4.79 Å². The van der Waals surface area contributed by atoms with Crippen LogP contribution in [0, 0.1) is 0 Å². The van der Waals surface area contributed by atoms with Crippen LogP contribution in [0.1, 0.15) is 0 Å². The van der Waals surface area contributed by atoms with Gasteiger partial charge in [0.05, 0.1) is 16.6 Å². The molecule has 0 unspecified atom stereocenters. The van der Waals surface area contributed by atoms with Crippen LogP contribution < -0.4 is 11.2 Å². The first-order valence-electron chi connectivity index (χ1n) is 5.67. The standard InChI is InChI=1S/C14H9BrN2O2/c15-9-6-7-12-11(8-9)13(18)17(14(19)16-12)10-4-2-1-3-5-10/h1-8H,(H,16,19). The summed E-state index contributed by atoms with van der Waals surface area (Å²) >= 11 is 3.33. The molecule has 94 valence electrons. The number of para-hydroxylation sites is 1. The van der Waals surface area contributed by atoms with Crippen molar-refractivity contribution in [3.05, 3.63) is 73.8 Å². The van der Waals surface area contributed by atoms with Crippen LogP contribution in [-0.4, -0.2) is 9.55 Å². The molecule has 5 heteroatoms. The molecule has 1 heterocycles. The molecular weight excluding hydrogens is 308 g/mol. The van der Waals surface area contributed by atoms with E-state index in [1.165, 1.54) is 0 Å². The minimum Gasteiger partial charge on any atom is -0.306 e. The fraction of sp³-hybridized carbons (Fsp3) is 0. The van der Waals surface area contributed by atoms with Crippen molar-refractivity contribution in [2.75, 3.05) is 0 Å². The molecule has 0 amide bonds. The van der Waals surface area contributed by atoms with Crippen LogP contribution in [0.25, 0.3) is 16.6 Å². The summed E-state index contributed by atoms with van der Waals surface area (Å²) in [4.78, 5) is 27.2. The smallest absolute Gasteiger partial charge is 0.306 e. The van der Waals surface area contributed by atoms with Gasteiger partial charge in [0.2, 0.25) is 0 Å². The normalized spacial score (nSPS) is 10.8. The Labute approximate surface area is 116 Å². The third-order valence-corrected chi connectivity index (χ3v) is 3.37. The molecule has 0 atom stereocenters. The molecule has 0 saturated carbocycles. The number of aromatic amines is 1. The Morgan fingerprint density at radius 2 is 1.74 bits per heavy atom. The SMILES string of the molecule is O=c1[nH]c2ccc(Br)cc2c(=O)n1-c1ccccc1. The molecule has 0 spiro atoms. The Hall–Kier alpha value is -2.14. The van der Waals surface area contributed by atoms with Gasteiger partial charge in [-0.15, -0.1) is 0 Å². The molecule has 0 aliphatic heterocycles. The largest absolute Gasteiger partial charge is 0.333 e. The van der Waals surface area contributed by atoms with Crippen LogP contribution in [0.4, 0.5) is 0 Å². The summed E-state index contributed by atoms with van der Waals surface area (Å²) in [5.41, 5.74) is 0.318. The molecule has 0 radical (unpaired) electrons. The van der Waals surface area contributed by atoms with Gasteiger partial charge < -0.3 is 4.98 Å². The molecule has 3 rings (SSSR count). The van der Waals surface area contributed by atoms with Crippen LogP contribution in [0.2, 0.25) is 0 Å². The number of rotatable bonds is 1. The van der Waals surface area contributed by atoms with Crippen LogP contribution in [0.15, 0.2) is 62.6 Å². The van der Waals surface area contributed by atoms with Crippen molar-refractivity contribution in [2.45, 2.75) is 0 Å². The van der Waals surface area contributed by atoms with Gasteiger partial charge in [-0.1, -0.05) is 34.1 Å². The molecule has 19 heavy (non-hydrogen) atoms. The van der Waals surface area contributed by atoms with Crippen LogP contribution in [-0.2, 0) is 0 Å². The summed E-state index contributed by atoms with van der Waals surface area (Å²) in [5, 5.41) is 0.470. The highest BCUT2D eigenvalue weighted by molar-refractivity contribution is 9.10. The Kier molecular flexibility index (Phi) is 2.83. The second kappa shape index (κ2) is 4.51. The number of nitrogens with one attached hydrogen (secondary N) is 1. The number of aromatic nitrogens is 2. The van der Waals surface area contributed by atoms with Crippen molar-refractivity contribution in [3.8, 4) is 5.69 Å². The number of fused-ring (bicyclic) bond motifs is 1. The fourth-order valence-electron chi connectivity index (χ4n) is 2.00. The van der Waals surface area contributed by atoms with E-state index in [9.17, 15) is 9.59 Å². The number of halogens is 1. The van der Waals surface area contributed by atoms with Gasteiger partial charge in [0.25, 0.3) is 5.56 Å². The van der Waals surface area contributed by atoms with E-state index in [4.69, 9.17) is 0 Å². The van der Waals surface area contributed by atoms with Gasteiger partial charge in [0, 0.05) is 4.47 Å². The number of hydrogen-bond acceptors (Lipinski definition) is 2. The molecule has 0 bridgehead atoms. The maximum atomic E-state index is 12.4. The van der Waals surface area contributed by atoms with E-state index in [1.54, 1.807) is 42.5 Å². The lowest BCUT2D eigenvalue weighted by Crippen LogP contribution is -2.33. The second-order valence-electron chi connectivity index (χ2n) is 4.10. The lowest BCUT2D eigenvalue weighted by molar-refractivity contribution is 0.901. The van der Waals surface area contributed by atoms with Gasteiger partial charge >= 0.3 is 5.69 Å². The Bertz CT molecular complexity index is 866. The van der Waals surface area contributed by atoms with Gasteiger partial charge in [-0.05, 0) is 30.3 Å². The van der Waals surface area contributed by atoms with Crippen LogP contribution >= 0.6 is 15.9 Å². The first-order valence-corrected chi connectivity index (χ1v) is 6.46. The third kappa shape index (κ3) is 2.02. The molecule has 1 aromatic heterocycles. The Morgan fingerprint density at radius 1 is 1.00 bits per heavy atom. The third-order valence-electron chi connectivity index (χ3n) is 2.87. The predicted molar refractivity (Wildman–Crippen MR) is 77.9 cm³/mol. The quantitative estimate of drug-likeness (QED) is 0.749. The number of H-pyrrole nitrogens is 1. The van der Waals surface area contributed by atoms with E-state index in [0.717, 1.165) is 9.04 Å². The molecule has 1 N–H and O–H groups in total. The molecule has 0 saturated heterocycles. The van der Waals surface area contributed by atoms with Gasteiger partial charge in [0.15, 0.2) is 0 Å². The van der Waals surface area contributed by atoms with E-state index in [1.807, 2.05) is 6.07 Å². The van der Waals surface area contributed by atoms with Crippen molar-refractivity contribution in [1.82, 2.24) is 9.55 Å². The second-order valence-corrected chi connectivity index (χ2v) is 5.01. The van der Waals surface area contributed by atoms with Crippen molar-refractivity contribution in [1.29, 1.82) is 0 Å². The molecule has 0 fully saturated rings. The average Bonchev–Trinajstić information content (AvgIpc) is 2.41. The van der Waals surface area contributed by atoms with Crippen LogP contribution in [0.3, 0.4) is 0 Å². The summed E-state index contributed by atoms with van der Waals surface area (Å²) in [6.07, 6.45) is 0. The average molecular weight is 317 g/mol. The molecule has 3 aromatic rings. The van der Waals surface area contributed by atoms with Gasteiger partial charge in [0.1, 0.15) is 0 Å². The van der Waals surface area contributed by atoms with E-state index in [-0.39, 0.29) is 5.56 Å². The van der Waals surface area contributed by atoms with Crippen molar-refractivity contribution in [3.63, 3.8) is 0 Å². The topological polar surface area (TPSA) is 54.9 Å². The molecule has 0 aliphatic rings. The molecular formula is C14H9BrN2O2. The number of benzene rings is 2. The predicted octanol–water partition coefficient (Wildman–Crippen LogP) is 2.44. The monoisotopic (exact) mass is 316 g/mol. The van der Waals surface area contributed by atoms with E-state index >= 15 is 0 Å². The highest BCUT2D eigenvalue weighted by atomic mass is 79.9. The zero-order valence-corrected chi connectivity index (χ0v) is 11.3.